The van der Waals surface area contributed by atoms with Crippen LogP contribution in [0.2, 0.25) is 0 Å². The summed E-state index contributed by atoms with van der Waals surface area (Å²) in [4.78, 5) is 16.3. The lowest BCUT2D eigenvalue weighted by Crippen LogP contribution is -3.11. The first-order valence-corrected chi connectivity index (χ1v) is 9.51. The Balaban J connectivity index is 1.73. The van der Waals surface area contributed by atoms with Crippen molar-refractivity contribution in [3.05, 3.63) is 65.2 Å². The van der Waals surface area contributed by atoms with E-state index >= 15 is 0 Å². The monoisotopic (exact) mass is 352 g/mol. The molecule has 1 aliphatic rings. The summed E-state index contributed by atoms with van der Waals surface area (Å²) >= 11 is 0. The molecule has 26 heavy (non-hydrogen) atoms. The van der Waals surface area contributed by atoms with Crippen molar-refractivity contribution in [1.82, 2.24) is 5.32 Å². The van der Waals surface area contributed by atoms with Gasteiger partial charge in [0.2, 0.25) is 0 Å². The number of carbonyl (C=O) groups is 1. The van der Waals surface area contributed by atoms with Gasteiger partial charge in [0.25, 0.3) is 5.91 Å². The highest BCUT2D eigenvalue weighted by Gasteiger charge is 2.28. The van der Waals surface area contributed by atoms with Crippen LogP contribution in [0.4, 0.5) is 5.69 Å². The van der Waals surface area contributed by atoms with Crippen molar-refractivity contribution >= 4 is 11.6 Å². The molecule has 1 amide bonds. The van der Waals surface area contributed by atoms with Crippen LogP contribution in [0.25, 0.3) is 0 Å². The maximum atomic E-state index is 12.6. The van der Waals surface area contributed by atoms with E-state index in [1.807, 2.05) is 31.2 Å². The van der Waals surface area contributed by atoms with Gasteiger partial charge >= 0.3 is 0 Å². The summed E-state index contributed by atoms with van der Waals surface area (Å²) in [6.45, 7) is 5.05. The number of quaternary nitrogens is 1. The van der Waals surface area contributed by atoms with Gasteiger partial charge in [-0.1, -0.05) is 29.8 Å². The van der Waals surface area contributed by atoms with E-state index in [9.17, 15) is 4.79 Å². The molecule has 1 heterocycles. The summed E-state index contributed by atoms with van der Waals surface area (Å²) < 4.78 is 0. The zero-order valence-corrected chi connectivity index (χ0v) is 16.1. The molecule has 2 N–H and O–H groups in total. The Labute approximate surface area is 156 Å². The third-order valence-corrected chi connectivity index (χ3v) is 5.30. The van der Waals surface area contributed by atoms with Crippen LogP contribution >= 0.6 is 0 Å². The molecule has 138 valence electrons. The van der Waals surface area contributed by atoms with Gasteiger partial charge in [-0.2, -0.15) is 0 Å². The molecule has 0 spiro atoms. The number of nitrogens with zero attached hydrogens (tertiary/aromatic N) is 1. The fourth-order valence-electron chi connectivity index (χ4n) is 3.76. The molecule has 0 aliphatic carbocycles. The Morgan fingerprint density at radius 3 is 2.42 bits per heavy atom. The van der Waals surface area contributed by atoms with Gasteiger partial charge in [0.1, 0.15) is 6.04 Å². The molecule has 2 aromatic rings. The highest BCUT2D eigenvalue weighted by atomic mass is 16.1. The van der Waals surface area contributed by atoms with Crippen molar-refractivity contribution in [1.29, 1.82) is 0 Å². The van der Waals surface area contributed by atoms with E-state index in [0.29, 0.717) is 12.6 Å². The lowest BCUT2D eigenvalue weighted by molar-refractivity contribution is -0.918. The fraction of sp³-hybridized carbons (Fsp3) is 0.409. The molecule has 3 rings (SSSR count). The van der Waals surface area contributed by atoms with Crippen LogP contribution in [0.1, 0.15) is 40.4 Å². The van der Waals surface area contributed by atoms with Crippen LogP contribution in [0.5, 0.6) is 0 Å². The van der Waals surface area contributed by atoms with E-state index in [2.05, 4.69) is 48.6 Å². The molecule has 1 atom stereocenters. The number of hydrogen-bond donors (Lipinski definition) is 2. The lowest BCUT2D eigenvalue weighted by atomic mass is 10.0. The smallest absolute Gasteiger partial charge is 0.251 e. The van der Waals surface area contributed by atoms with E-state index in [0.717, 1.165) is 11.1 Å². The summed E-state index contributed by atoms with van der Waals surface area (Å²) in [7, 11) is 4.11. The van der Waals surface area contributed by atoms with Gasteiger partial charge in [0, 0.05) is 43.8 Å². The van der Waals surface area contributed by atoms with Crippen LogP contribution < -0.4 is 15.1 Å². The molecular formula is C22H30N3O+. The second kappa shape index (κ2) is 8.37. The van der Waals surface area contributed by atoms with Gasteiger partial charge in [-0.15, -0.1) is 0 Å². The highest BCUT2D eigenvalue weighted by Crippen LogP contribution is 2.17. The zero-order valence-electron chi connectivity index (χ0n) is 16.1. The third-order valence-electron chi connectivity index (χ3n) is 5.30. The minimum absolute atomic E-state index is 0.0159. The van der Waals surface area contributed by atoms with Crippen LogP contribution in [0.15, 0.2) is 48.5 Å². The van der Waals surface area contributed by atoms with E-state index in [-0.39, 0.29) is 5.91 Å². The van der Waals surface area contributed by atoms with Crippen LogP contribution in [-0.4, -0.2) is 39.6 Å². The number of amides is 1. The number of likely N-dealkylation sites (tertiary alicyclic amines) is 1. The fourth-order valence-corrected chi connectivity index (χ4v) is 3.76. The normalized spacial score (nSPS) is 15.7. The first-order chi connectivity index (χ1) is 12.5. The van der Waals surface area contributed by atoms with E-state index < -0.39 is 0 Å². The molecule has 4 nitrogen and oxygen atoms in total. The molecule has 0 unspecified atom stereocenters. The van der Waals surface area contributed by atoms with E-state index in [1.54, 1.807) is 4.90 Å². The standard InChI is InChI=1S/C22H29N3O/c1-17-7-6-8-19(15-17)22(26)23-16-21(25-13-4-5-14-25)18-9-11-20(12-10-18)24(2)3/h6-12,15,21H,4-5,13-14,16H2,1-3H3,(H,23,26)/p+1/t21-/m1/s1. The Morgan fingerprint density at radius 1 is 1.12 bits per heavy atom. The molecule has 1 aliphatic heterocycles. The van der Waals surface area contributed by atoms with Crippen molar-refractivity contribution < 1.29 is 9.69 Å². The van der Waals surface area contributed by atoms with E-state index in [4.69, 9.17) is 0 Å². The van der Waals surface area contributed by atoms with Crippen molar-refractivity contribution in [2.24, 2.45) is 0 Å². The van der Waals surface area contributed by atoms with Crippen LogP contribution in [-0.2, 0) is 0 Å². The van der Waals surface area contributed by atoms with Crippen LogP contribution in [0.3, 0.4) is 0 Å². The summed E-state index contributed by atoms with van der Waals surface area (Å²) in [5.41, 5.74) is 4.35. The summed E-state index contributed by atoms with van der Waals surface area (Å²) in [6.07, 6.45) is 2.54. The number of benzene rings is 2. The number of carbonyl (C=O) groups excluding carboxylic acids is 1. The zero-order chi connectivity index (χ0) is 18.5. The molecule has 0 aromatic heterocycles. The number of rotatable bonds is 6. The summed E-state index contributed by atoms with van der Waals surface area (Å²) in [5, 5.41) is 3.17. The first-order valence-electron chi connectivity index (χ1n) is 9.51. The minimum Gasteiger partial charge on any atom is -0.378 e. The minimum atomic E-state index is 0.0159. The van der Waals surface area contributed by atoms with Gasteiger partial charge in [0.15, 0.2) is 0 Å². The van der Waals surface area contributed by atoms with Crippen LogP contribution in [0, 0.1) is 6.92 Å². The average molecular weight is 353 g/mol. The summed E-state index contributed by atoms with van der Waals surface area (Å²) in [5.74, 6) is 0.0159. The Hall–Kier alpha value is -2.33. The topological polar surface area (TPSA) is 36.8 Å². The Bertz CT molecular complexity index is 733. The van der Waals surface area contributed by atoms with Gasteiger partial charge < -0.3 is 15.1 Å². The Kier molecular flexibility index (Phi) is 5.94. The summed E-state index contributed by atoms with van der Waals surface area (Å²) in [6, 6.07) is 16.8. The largest absolute Gasteiger partial charge is 0.378 e. The predicted octanol–water partition coefficient (Wildman–Crippen LogP) is 2.21. The predicted molar refractivity (Wildman–Crippen MR) is 107 cm³/mol. The molecular weight excluding hydrogens is 322 g/mol. The van der Waals surface area contributed by atoms with Gasteiger partial charge in [-0.3, -0.25) is 4.79 Å². The van der Waals surface area contributed by atoms with E-state index in [1.165, 1.54) is 37.2 Å². The number of hydrogen-bond acceptors (Lipinski definition) is 2. The maximum absolute atomic E-state index is 12.6. The molecule has 1 saturated heterocycles. The first kappa shape index (κ1) is 18.5. The molecule has 1 fully saturated rings. The van der Waals surface area contributed by atoms with Gasteiger partial charge in [-0.05, 0) is 31.2 Å². The maximum Gasteiger partial charge on any atom is 0.251 e. The van der Waals surface area contributed by atoms with Crippen molar-refractivity contribution in [3.8, 4) is 0 Å². The Morgan fingerprint density at radius 2 is 1.81 bits per heavy atom. The van der Waals surface area contributed by atoms with Crippen molar-refractivity contribution in [3.63, 3.8) is 0 Å². The molecule has 0 saturated carbocycles. The molecule has 0 bridgehead atoms. The SMILES string of the molecule is Cc1cccc(C(=O)NC[C@H](c2ccc(N(C)C)cc2)[NH+]2CCCC2)c1. The molecule has 0 radical (unpaired) electrons. The van der Waals surface area contributed by atoms with Crippen molar-refractivity contribution in [2.75, 3.05) is 38.6 Å². The molecule has 4 heteroatoms. The third kappa shape index (κ3) is 4.44. The highest BCUT2D eigenvalue weighted by molar-refractivity contribution is 5.94. The number of aryl methyl sites for hydroxylation is 1. The quantitative estimate of drug-likeness (QED) is 0.836. The number of anilines is 1. The number of nitrogens with one attached hydrogen (secondary N) is 2. The van der Waals surface area contributed by atoms with Gasteiger partial charge in [-0.25, -0.2) is 0 Å². The average Bonchev–Trinajstić information content (AvgIpc) is 3.16. The lowest BCUT2D eigenvalue weighted by Gasteiger charge is -2.26. The second-order valence-corrected chi connectivity index (χ2v) is 7.48. The van der Waals surface area contributed by atoms with Gasteiger partial charge in [0.05, 0.1) is 19.6 Å². The second-order valence-electron chi connectivity index (χ2n) is 7.48. The van der Waals surface area contributed by atoms with Crippen molar-refractivity contribution in [2.45, 2.75) is 25.8 Å². The molecule has 2 aromatic carbocycles.